The van der Waals surface area contributed by atoms with Crippen LogP contribution in [0.2, 0.25) is 0 Å². The molecule has 1 heterocycles. The molecule has 0 aromatic carbocycles. The predicted octanol–water partition coefficient (Wildman–Crippen LogP) is 2.43. The van der Waals surface area contributed by atoms with Crippen LogP contribution in [0.15, 0.2) is 18.6 Å². The van der Waals surface area contributed by atoms with E-state index < -0.39 is 0 Å². The van der Waals surface area contributed by atoms with E-state index in [1.54, 1.807) is 6.20 Å². The molecule has 0 aliphatic heterocycles. The van der Waals surface area contributed by atoms with Gasteiger partial charge in [-0.3, -0.25) is 0 Å². The second-order valence-corrected chi connectivity index (χ2v) is 3.97. The Morgan fingerprint density at radius 3 is 2.93 bits per heavy atom. The molecule has 0 N–H and O–H groups in total. The highest BCUT2D eigenvalue weighted by Crippen LogP contribution is 2.26. The van der Waals surface area contributed by atoms with Gasteiger partial charge in [0.1, 0.15) is 12.4 Å². The second-order valence-electron chi connectivity index (χ2n) is 3.97. The molecule has 1 fully saturated rings. The quantitative estimate of drug-likeness (QED) is 0.721. The predicted molar refractivity (Wildman–Crippen MR) is 54.1 cm³/mol. The highest BCUT2D eigenvalue weighted by molar-refractivity contribution is 5.05. The molecule has 2 atom stereocenters. The van der Waals surface area contributed by atoms with Crippen molar-refractivity contribution in [2.75, 3.05) is 0 Å². The summed E-state index contributed by atoms with van der Waals surface area (Å²) in [5, 5.41) is 0. The van der Waals surface area contributed by atoms with E-state index in [1.807, 2.05) is 6.07 Å². The van der Waals surface area contributed by atoms with E-state index >= 15 is 0 Å². The summed E-state index contributed by atoms with van der Waals surface area (Å²) in [6.07, 6.45) is 8.64. The Morgan fingerprint density at radius 2 is 2.21 bits per heavy atom. The van der Waals surface area contributed by atoms with Crippen molar-refractivity contribution in [2.45, 2.75) is 38.7 Å². The zero-order valence-corrected chi connectivity index (χ0v) is 8.52. The number of hydrogen-bond acceptors (Lipinski definition) is 3. The molecule has 1 aliphatic carbocycles. The third-order valence-corrected chi connectivity index (χ3v) is 2.86. The maximum absolute atomic E-state index is 5.82. The highest BCUT2D eigenvalue weighted by Gasteiger charge is 2.22. The van der Waals surface area contributed by atoms with Gasteiger partial charge in [-0.1, -0.05) is 13.3 Å². The van der Waals surface area contributed by atoms with Crippen molar-refractivity contribution in [2.24, 2.45) is 5.92 Å². The van der Waals surface area contributed by atoms with Crippen LogP contribution in [-0.2, 0) is 0 Å². The largest absolute Gasteiger partial charge is 0.474 e. The van der Waals surface area contributed by atoms with Crippen molar-refractivity contribution in [3.8, 4) is 5.88 Å². The molecule has 0 bridgehead atoms. The average molecular weight is 192 g/mol. The zero-order valence-electron chi connectivity index (χ0n) is 8.52. The maximum atomic E-state index is 5.82. The van der Waals surface area contributed by atoms with E-state index in [0.29, 0.717) is 17.9 Å². The van der Waals surface area contributed by atoms with Gasteiger partial charge in [0, 0.05) is 12.3 Å². The molecule has 0 saturated heterocycles. The van der Waals surface area contributed by atoms with Crippen LogP contribution in [0.5, 0.6) is 5.88 Å². The van der Waals surface area contributed by atoms with Crippen LogP contribution in [-0.4, -0.2) is 16.1 Å². The maximum Gasteiger partial charge on any atom is 0.216 e. The van der Waals surface area contributed by atoms with E-state index in [-0.39, 0.29) is 0 Å². The summed E-state index contributed by atoms with van der Waals surface area (Å²) in [6.45, 7) is 2.25. The molecule has 1 aromatic rings. The lowest BCUT2D eigenvalue weighted by Gasteiger charge is -2.28. The van der Waals surface area contributed by atoms with Gasteiger partial charge in [0.25, 0.3) is 0 Å². The van der Waals surface area contributed by atoms with Gasteiger partial charge in [-0.2, -0.15) is 0 Å². The summed E-state index contributed by atoms with van der Waals surface area (Å²) in [7, 11) is 0. The molecule has 0 amide bonds. The van der Waals surface area contributed by atoms with E-state index in [1.165, 1.54) is 25.6 Å². The van der Waals surface area contributed by atoms with Crippen molar-refractivity contribution in [3.63, 3.8) is 0 Å². The topological polar surface area (TPSA) is 35.0 Å². The van der Waals surface area contributed by atoms with Crippen LogP contribution < -0.4 is 4.74 Å². The van der Waals surface area contributed by atoms with Crippen LogP contribution in [0.25, 0.3) is 0 Å². The second kappa shape index (κ2) is 4.40. The zero-order chi connectivity index (χ0) is 9.80. The van der Waals surface area contributed by atoms with Gasteiger partial charge in [0.15, 0.2) is 0 Å². The number of aromatic nitrogens is 2. The monoisotopic (exact) mass is 192 g/mol. The molecule has 0 unspecified atom stereocenters. The van der Waals surface area contributed by atoms with Gasteiger partial charge in [0.2, 0.25) is 5.88 Å². The van der Waals surface area contributed by atoms with Gasteiger partial charge in [-0.15, -0.1) is 0 Å². The van der Waals surface area contributed by atoms with Crippen molar-refractivity contribution in [1.29, 1.82) is 0 Å². The SMILES string of the molecule is C[C@@H]1CCCC[C@H]1Oc1ccncn1. The minimum Gasteiger partial charge on any atom is -0.474 e. The van der Waals surface area contributed by atoms with Crippen molar-refractivity contribution >= 4 is 0 Å². The smallest absolute Gasteiger partial charge is 0.216 e. The van der Waals surface area contributed by atoms with E-state index in [0.717, 1.165) is 6.42 Å². The molecule has 2 rings (SSSR count). The third-order valence-electron chi connectivity index (χ3n) is 2.86. The molecule has 0 spiro atoms. The summed E-state index contributed by atoms with van der Waals surface area (Å²) in [4.78, 5) is 7.94. The van der Waals surface area contributed by atoms with Crippen molar-refractivity contribution < 1.29 is 4.74 Å². The van der Waals surface area contributed by atoms with E-state index in [4.69, 9.17) is 4.74 Å². The number of nitrogens with zero attached hydrogens (tertiary/aromatic N) is 2. The van der Waals surface area contributed by atoms with Gasteiger partial charge in [0.05, 0.1) is 0 Å². The summed E-state index contributed by atoms with van der Waals surface area (Å²) < 4.78 is 5.82. The Morgan fingerprint density at radius 1 is 1.36 bits per heavy atom. The molecule has 76 valence electrons. The van der Waals surface area contributed by atoms with E-state index in [9.17, 15) is 0 Å². The molecule has 1 saturated carbocycles. The first-order valence-corrected chi connectivity index (χ1v) is 5.29. The van der Waals surface area contributed by atoms with Gasteiger partial charge < -0.3 is 4.74 Å². The Kier molecular flexibility index (Phi) is 2.96. The molecule has 3 heteroatoms. The highest BCUT2D eigenvalue weighted by atomic mass is 16.5. The number of hydrogen-bond donors (Lipinski definition) is 0. The first-order chi connectivity index (χ1) is 6.86. The minimum absolute atomic E-state index is 0.346. The lowest BCUT2D eigenvalue weighted by molar-refractivity contribution is 0.0974. The number of rotatable bonds is 2. The van der Waals surface area contributed by atoms with Gasteiger partial charge >= 0.3 is 0 Å². The summed E-state index contributed by atoms with van der Waals surface area (Å²) in [5.41, 5.74) is 0. The Bertz CT molecular complexity index is 276. The fourth-order valence-corrected chi connectivity index (χ4v) is 1.96. The van der Waals surface area contributed by atoms with E-state index in [2.05, 4.69) is 16.9 Å². The standard InChI is InChI=1S/C11H16N2O/c1-9-4-2-3-5-10(9)14-11-6-7-12-8-13-11/h6-10H,2-5H2,1H3/t9-,10-/m1/s1. The van der Waals surface area contributed by atoms with Crippen molar-refractivity contribution in [1.82, 2.24) is 9.97 Å². The molecular formula is C11H16N2O. The normalized spacial score (nSPS) is 27.2. The fraction of sp³-hybridized carbons (Fsp3) is 0.636. The first kappa shape index (κ1) is 9.44. The first-order valence-electron chi connectivity index (χ1n) is 5.29. The van der Waals surface area contributed by atoms with Gasteiger partial charge in [-0.05, 0) is 25.2 Å². The van der Waals surface area contributed by atoms with Crippen LogP contribution in [0.1, 0.15) is 32.6 Å². The van der Waals surface area contributed by atoms with Crippen LogP contribution in [0, 0.1) is 5.92 Å². The Balaban J connectivity index is 1.96. The molecule has 14 heavy (non-hydrogen) atoms. The third kappa shape index (κ3) is 2.22. The number of ether oxygens (including phenoxy) is 1. The lowest BCUT2D eigenvalue weighted by Crippen LogP contribution is -2.28. The summed E-state index contributed by atoms with van der Waals surface area (Å²) in [6, 6.07) is 1.82. The van der Waals surface area contributed by atoms with Crippen LogP contribution in [0.3, 0.4) is 0 Å². The molecule has 0 radical (unpaired) electrons. The molecule has 3 nitrogen and oxygen atoms in total. The average Bonchev–Trinajstić information content (AvgIpc) is 2.23. The molecular weight excluding hydrogens is 176 g/mol. The van der Waals surface area contributed by atoms with Crippen LogP contribution in [0.4, 0.5) is 0 Å². The fourth-order valence-electron chi connectivity index (χ4n) is 1.96. The van der Waals surface area contributed by atoms with Crippen molar-refractivity contribution in [3.05, 3.63) is 18.6 Å². The minimum atomic E-state index is 0.346. The molecule has 1 aliphatic rings. The summed E-state index contributed by atoms with van der Waals surface area (Å²) >= 11 is 0. The lowest BCUT2D eigenvalue weighted by atomic mass is 9.88. The van der Waals surface area contributed by atoms with Crippen LogP contribution >= 0.6 is 0 Å². The Labute approximate surface area is 84.5 Å². The van der Waals surface area contributed by atoms with Gasteiger partial charge in [-0.25, -0.2) is 9.97 Å². The molecule has 1 aromatic heterocycles. The summed E-state index contributed by atoms with van der Waals surface area (Å²) in [5.74, 6) is 1.36. The Hall–Kier alpha value is -1.12.